The van der Waals surface area contributed by atoms with Crippen molar-refractivity contribution in [1.82, 2.24) is 0 Å². The van der Waals surface area contributed by atoms with Crippen molar-refractivity contribution in [2.75, 3.05) is 0 Å². The van der Waals surface area contributed by atoms with Gasteiger partial charge in [-0.3, -0.25) is 9.59 Å². The van der Waals surface area contributed by atoms with Gasteiger partial charge in [0.15, 0.2) is 0 Å². The van der Waals surface area contributed by atoms with Gasteiger partial charge in [-0.15, -0.1) is 0 Å². The molecule has 1 fully saturated rings. The van der Waals surface area contributed by atoms with Crippen LogP contribution in [0.15, 0.2) is 0 Å². The number of carbonyl (C=O) groups excluding carboxylic acids is 2. The van der Waals surface area contributed by atoms with Crippen LogP contribution in [0.4, 0.5) is 0 Å². The van der Waals surface area contributed by atoms with Crippen molar-refractivity contribution < 1.29 is 9.59 Å². The van der Waals surface area contributed by atoms with E-state index in [1.54, 1.807) is 0 Å². The minimum Gasteiger partial charge on any atom is -0.298 e. The molecule has 0 bridgehead atoms. The second-order valence-corrected chi connectivity index (χ2v) is 5.70. The molecule has 0 N–H and O–H groups in total. The van der Waals surface area contributed by atoms with Crippen LogP contribution in [-0.2, 0) is 9.59 Å². The number of rotatable bonds is 1. The molecule has 0 aliphatic heterocycles. The maximum atomic E-state index is 12.1. The molecule has 0 heterocycles. The van der Waals surface area contributed by atoms with Crippen LogP contribution in [0, 0.1) is 22.7 Å². The zero-order valence-electron chi connectivity index (χ0n) is 9.97. The predicted octanol–water partition coefficient (Wildman–Crippen LogP) is 2.46. The van der Waals surface area contributed by atoms with Gasteiger partial charge in [-0.1, -0.05) is 41.5 Å². The predicted molar refractivity (Wildman–Crippen MR) is 55.9 cm³/mol. The maximum absolute atomic E-state index is 12.1. The molecule has 1 rings (SSSR count). The smallest absolute Gasteiger partial charge is 0.150 e. The molecule has 1 aliphatic carbocycles. The third-order valence-electron chi connectivity index (χ3n) is 4.03. The van der Waals surface area contributed by atoms with Gasteiger partial charge in [0.05, 0.1) is 5.92 Å². The Balaban J connectivity index is 3.23. The number of hydrogen-bond acceptors (Lipinski definition) is 2. The molecule has 0 aromatic rings. The second-order valence-electron chi connectivity index (χ2n) is 5.70. The van der Waals surface area contributed by atoms with E-state index in [-0.39, 0.29) is 23.4 Å². The minimum absolute atomic E-state index is 0.113. The summed E-state index contributed by atoms with van der Waals surface area (Å²) >= 11 is 0. The summed E-state index contributed by atoms with van der Waals surface area (Å²) in [7, 11) is 0. The van der Waals surface area contributed by atoms with E-state index < -0.39 is 10.8 Å². The first kappa shape index (κ1) is 11.4. The van der Waals surface area contributed by atoms with Gasteiger partial charge < -0.3 is 0 Å². The maximum Gasteiger partial charge on any atom is 0.150 e. The van der Waals surface area contributed by atoms with E-state index in [1.807, 2.05) is 41.5 Å². The molecule has 0 radical (unpaired) electrons. The third kappa shape index (κ3) is 1.16. The van der Waals surface area contributed by atoms with Crippen LogP contribution in [0.2, 0.25) is 0 Å². The third-order valence-corrected chi connectivity index (χ3v) is 4.03. The van der Waals surface area contributed by atoms with Crippen molar-refractivity contribution in [2.24, 2.45) is 22.7 Å². The Morgan fingerprint density at radius 2 is 1.21 bits per heavy atom. The average Bonchev–Trinajstić information content (AvgIpc) is 2.12. The standard InChI is InChI=1S/C12H20O2/c1-7(2)8-9(13)11(3,4)12(5,6)10(8)14/h7-8H,1-6H3. The number of hydrogen-bond donors (Lipinski definition) is 0. The summed E-state index contributed by atoms with van der Waals surface area (Å²) in [4.78, 5) is 24.1. The van der Waals surface area contributed by atoms with Crippen molar-refractivity contribution in [2.45, 2.75) is 41.5 Å². The summed E-state index contributed by atoms with van der Waals surface area (Å²) in [6, 6.07) is 0. The molecule has 2 heteroatoms. The molecule has 1 saturated carbocycles. The quantitative estimate of drug-likeness (QED) is 0.604. The lowest BCUT2D eigenvalue weighted by molar-refractivity contribution is -0.131. The second kappa shape index (κ2) is 2.91. The average molecular weight is 196 g/mol. The summed E-state index contributed by atoms with van der Waals surface area (Å²) in [5.41, 5.74) is -1.03. The van der Waals surface area contributed by atoms with Crippen LogP contribution < -0.4 is 0 Å². The number of carbonyl (C=O) groups is 2. The van der Waals surface area contributed by atoms with E-state index in [4.69, 9.17) is 0 Å². The van der Waals surface area contributed by atoms with Gasteiger partial charge in [0.25, 0.3) is 0 Å². The Labute approximate surface area is 86.1 Å². The summed E-state index contributed by atoms with van der Waals surface area (Å²) in [6.45, 7) is 11.4. The van der Waals surface area contributed by atoms with Crippen LogP contribution in [0.1, 0.15) is 41.5 Å². The highest BCUT2D eigenvalue weighted by Crippen LogP contribution is 2.51. The van der Waals surface area contributed by atoms with Crippen LogP contribution >= 0.6 is 0 Å². The van der Waals surface area contributed by atoms with Crippen LogP contribution in [0.3, 0.4) is 0 Å². The lowest BCUT2D eigenvalue weighted by atomic mass is 9.70. The molecule has 0 unspecified atom stereocenters. The SMILES string of the molecule is CC(C)C1C(=O)C(C)(C)C(C)(C)C1=O. The fourth-order valence-corrected chi connectivity index (χ4v) is 2.12. The Morgan fingerprint density at radius 3 is 1.36 bits per heavy atom. The fourth-order valence-electron chi connectivity index (χ4n) is 2.12. The Kier molecular flexibility index (Phi) is 2.38. The summed E-state index contributed by atoms with van der Waals surface area (Å²) in [6.07, 6.45) is 0. The first-order valence-electron chi connectivity index (χ1n) is 5.22. The Hall–Kier alpha value is -0.660. The molecule has 80 valence electrons. The summed E-state index contributed by atoms with van der Waals surface area (Å²) < 4.78 is 0. The van der Waals surface area contributed by atoms with Gasteiger partial charge >= 0.3 is 0 Å². The first-order valence-corrected chi connectivity index (χ1v) is 5.22. The van der Waals surface area contributed by atoms with Crippen LogP contribution in [0.5, 0.6) is 0 Å². The van der Waals surface area contributed by atoms with Gasteiger partial charge in [0.1, 0.15) is 11.6 Å². The Bertz CT molecular complexity index is 259. The number of ketones is 2. The molecule has 0 saturated heterocycles. The zero-order chi connectivity index (χ0) is 11.3. The molecule has 2 nitrogen and oxygen atoms in total. The Morgan fingerprint density at radius 1 is 0.929 bits per heavy atom. The molecule has 0 atom stereocenters. The van der Waals surface area contributed by atoms with Crippen molar-refractivity contribution in [1.29, 1.82) is 0 Å². The molecule has 0 amide bonds. The lowest BCUT2D eigenvalue weighted by Crippen LogP contribution is -2.35. The van der Waals surface area contributed by atoms with Gasteiger partial charge in [-0.2, -0.15) is 0 Å². The minimum atomic E-state index is -0.515. The molecule has 14 heavy (non-hydrogen) atoms. The number of Topliss-reactive ketones (excluding diaryl/α,β-unsaturated/α-hetero) is 2. The normalized spacial score (nSPS) is 26.2. The van der Waals surface area contributed by atoms with Crippen LogP contribution in [-0.4, -0.2) is 11.6 Å². The van der Waals surface area contributed by atoms with Crippen molar-refractivity contribution in [3.63, 3.8) is 0 Å². The van der Waals surface area contributed by atoms with Crippen molar-refractivity contribution >= 4 is 11.6 Å². The highest BCUT2D eigenvalue weighted by atomic mass is 16.2. The largest absolute Gasteiger partial charge is 0.298 e. The molecule has 1 aliphatic rings. The van der Waals surface area contributed by atoms with E-state index in [9.17, 15) is 9.59 Å². The van der Waals surface area contributed by atoms with E-state index >= 15 is 0 Å². The van der Waals surface area contributed by atoms with Crippen molar-refractivity contribution in [3.8, 4) is 0 Å². The zero-order valence-corrected chi connectivity index (χ0v) is 9.97. The van der Waals surface area contributed by atoms with Gasteiger partial charge in [-0.05, 0) is 5.92 Å². The highest BCUT2D eigenvalue weighted by molar-refractivity contribution is 6.15. The molecular formula is C12H20O2. The summed E-state index contributed by atoms with van der Waals surface area (Å²) in [5.74, 6) is -0.0407. The topological polar surface area (TPSA) is 34.1 Å². The van der Waals surface area contributed by atoms with Gasteiger partial charge in [-0.25, -0.2) is 0 Å². The van der Waals surface area contributed by atoms with E-state index in [0.717, 1.165) is 0 Å². The molecule has 0 aromatic heterocycles. The lowest BCUT2D eigenvalue weighted by Gasteiger charge is -2.30. The molecule has 0 spiro atoms. The van der Waals surface area contributed by atoms with Crippen molar-refractivity contribution in [3.05, 3.63) is 0 Å². The monoisotopic (exact) mass is 196 g/mol. The van der Waals surface area contributed by atoms with E-state index in [1.165, 1.54) is 0 Å². The van der Waals surface area contributed by atoms with E-state index in [2.05, 4.69) is 0 Å². The molecular weight excluding hydrogens is 176 g/mol. The summed E-state index contributed by atoms with van der Waals surface area (Å²) in [5, 5.41) is 0. The van der Waals surface area contributed by atoms with E-state index in [0.29, 0.717) is 0 Å². The van der Waals surface area contributed by atoms with Gasteiger partial charge in [0, 0.05) is 10.8 Å². The first-order chi connectivity index (χ1) is 6.14. The fraction of sp³-hybridized carbons (Fsp3) is 0.833. The molecule has 0 aromatic carbocycles. The highest BCUT2D eigenvalue weighted by Gasteiger charge is 2.60. The van der Waals surface area contributed by atoms with Gasteiger partial charge in [0.2, 0.25) is 0 Å². The van der Waals surface area contributed by atoms with Crippen LogP contribution in [0.25, 0.3) is 0 Å².